The van der Waals surface area contributed by atoms with E-state index in [0.717, 1.165) is 18.2 Å². The summed E-state index contributed by atoms with van der Waals surface area (Å²) in [5.41, 5.74) is 1.35. The van der Waals surface area contributed by atoms with Crippen LogP contribution in [-0.4, -0.2) is 24.5 Å². The Morgan fingerprint density at radius 1 is 1.07 bits per heavy atom. The van der Waals surface area contributed by atoms with Crippen LogP contribution >= 0.6 is 0 Å². The summed E-state index contributed by atoms with van der Waals surface area (Å²) >= 11 is 0. The van der Waals surface area contributed by atoms with Crippen molar-refractivity contribution in [3.8, 4) is 11.5 Å². The number of H-pyrrole nitrogens is 1. The number of aromatic nitrogens is 1. The quantitative estimate of drug-likeness (QED) is 0.535. The Bertz CT molecular complexity index is 1060. The molecule has 0 spiro atoms. The minimum Gasteiger partial charge on any atom is -0.478 e. The number of carbonyl (C=O) groups is 1. The minimum absolute atomic E-state index is 0.0604. The van der Waals surface area contributed by atoms with E-state index in [9.17, 15) is 18.3 Å². The number of aryl methyl sites for hydroxylation is 2. The maximum atomic E-state index is 12.1. The van der Waals surface area contributed by atoms with Crippen LogP contribution in [0.1, 0.15) is 28.0 Å². The second-order valence-corrected chi connectivity index (χ2v) is 7.81. The number of carboxylic acids is 1. The SMILES string of the molecule is NS(=O)(=O)c1cc(C(=O)O)cc(CCCc2ccc[nH]2)c1Oc1ccccc1. The van der Waals surface area contributed by atoms with Crippen molar-refractivity contribution in [3.05, 3.63) is 77.6 Å². The molecular weight excluding hydrogens is 380 g/mol. The number of hydrogen-bond donors (Lipinski definition) is 3. The van der Waals surface area contributed by atoms with Crippen molar-refractivity contribution in [2.75, 3.05) is 0 Å². The molecule has 0 aliphatic carbocycles. The highest BCUT2D eigenvalue weighted by Gasteiger charge is 2.23. The van der Waals surface area contributed by atoms with E-state index in [-0.39, 0.29) is 16.2 Å². The molecule has 7 nitrogen and oxygen atoms in total. The smallest absolute Gasteiger partial charge is 0.335 e. The first kappa shape index (κ1) is 19.7. The van der Waals surface area contributed by atoms with Gasteiger partial charge in [0.2, 0.25) is 10.0 Å². The van der Waals surface area contributed by atoms with Crippen LogP contribution in [0.3, 0.4) is 0 Å². The third-order valence-corrected chi connectivity index (χ3v) is 5.12. The van der Waals surface area contributed by atoms with E-state index in [1.165, 1.54) is 6.07 Å². The van der Waals surface area contributed by atoms with Crippen molar-refractivity contribution in [1.82, 2.24) is 4.98 Å². The highest BCUT2D eigenvalue weighted by Crippen LogP contribution is 2.34. The Hall–Kier alpha value is -3.10. The number of primary sulfonamides is 1. The molecule has 8 heteroatoms. The Labute approximate surface area is 162 Å². The first-order chi connectivity index (χ1) is 13.3. The van der Waals surface area contributed by atoms with Crippen LogP contribution < -0.4 is 9.88 Å². The predicted octanol–water partition coefficient (Wildman–Crippen LogP) is 3.33. The summed E-state index contributed by atoms with van der Waals surface area (Å²) < 4.78 is 30.1. The van der Waals surface area contributed by atoms with E-state index in [1.54, 1.807) is 30.3 Å². The number of rotatable bonds is 8. The number of para-hydroxylation sites is 1. The minimum atomic E-state index is -4.19. The topological polar surface area (TPSA) is 122 Å². The lowest BCUT2D eigenvalue weighted by molar-refractivity contribution is 0.0696. The molecule has 0 aliphatic heterocycles. The fraction of sp³-hybridized carbons (Fsp3) is 0.150. The number of hydrogen-bond acceptors (Lipinski definition) is 4. The number of sulfonamides is 1. The molecule has 0 saturated heterocycles. The van der Waals surface area contributed by atoms with Gasteiger partial charge in [-0.25, -0.2) is 18.4 Å². The summed E-state index contributed by atoms with van der Waals surface area (Å²) in [4.78, 5) is 14.2. The lowest BCUT2D eigenvalue weighted by Crippen LogP contribution is -2.16. The third-order valence-electron chi connectivity index (χ3n) is 4.20. The summed E-state index contributed by atoms with van der Waals surface area (Å²) in [7, 11) is -4.19. The molecule has 0 amide bonds. The average Bonchev–Trinajstić information content (AvgIpc) is 3.16. The van der Waals surface area contributed by atoms with Crippen molar-refractivity contribution in [3.63, 3.8) is 0 Å². The molecule has 0 atom stereocenters. The molecular formula is C20H20N2O5S. The monoisotopic (exact) mass is 400 g/mol. The van der Waals surface area contributed by atoms with Gasteiger partial charge in [-0.05, 0) is 61.2 Å². The van der Waals surface area contributed by atoms with Gasteiger partial charge in [0.25, 0.3) is 0 Å². The Morgan fingerprint density at radius 3 is 2.43 bits per heavy atom. The van der Waals surface area contributed by atoms with Crippen LogP contribution in [0, 0.1) is 0 Å². The van der Waals surface area contributed by atoms with E-state index >= 15 is 0 Å². The second kappa shape index (κ2) is 8.28. The van der Waals surface area contributed by atoms with Gasteiger partial charge in [0.15, 0.2) is 5.75 Å². The molecule has 1 aromatic heterocycles. The van der Waals surface area contributed by atoms with Gasteiger partial charge < -0.3 is 14.8 Å². The van der Waals surface area contributed by atoms with Crippen LogP contribution in [0.15, 0.2) is 65.7 Å². The number of benzene rings is 2. The van der Waals surface area contributed by atoms with Crippen LogP contribution in [0.4, 0.5) is 0 Å². The molecule has 3 rings (SSSR count). The van der Waals surface area contributed by atoms with Crippen LogP contribution in [-0.2, 0) is 22.9 Å². The van der Waals surface area contributed by atoms with E-state index in [2.05, 4.69) is 4.98 Å². The second-order valence-electron chi connectivity index (χ2n) is 6.28. The predicted molar refractivity (Wildman–Crippen MR) is 104 cm³/mol. The molecule has 28 heavy (non-hydrogen) atoms. The van der Waals surface area contributed by atoms with Crippen molar-refractivity contribution in [2.24, 2.45) is 5.14 Å². The fourth-order valence-corrected chi connectivity index (χ4v) is 3.62. The fourth-order valence-electron chi connectivity index (χ4n) is 2.90. The van der Waals surface area contributed by atoms with Gasteiger partial charge >= 0.3 is 5.97 Å². The highest BCUT2D eigenvalue weighted by molar-refractivity contribution is 7.89. The summed E-state index contributed by atoms with van der Waals surface area (Å²) in [6.45, 7) is 0. The summed E-state index contributed by atoms with van der Waals surface area (Å²) in [5.74, 6) is -0.743. The molecule has 0 bridgehead atoms. The van der Waals surface area contributed by atoms with Gasteiger partial charge in [0, 0.05) is 11.9 Å². The number of nitrogens with one attached hydrogen (secondary N) is 1. The van der Waals surface area contributed by atoms with Gasteiger partial charge in [0.05, 0.1) is 5.56 Å². The van der Waals surface area contributed by atoms with Gasteiger partial charge in [-0.3, -0.25) is 0 Å². The van der Waals surface area contributed by atoms with Gasteiger partial charge in [-0.2, -0.15) is 0 Å². The number of carboxylic acid groups (broad SMARTS) is 1. The largest absolute Gasteiger partial charge is 0.478 e. The average molecular weight is 400 g/mol. The molecule has 1 heterocycles. The zero-order valence-corrected chi connectivity index (χ0v) is 15.8. The third kappa shape index (κ3) is 4.79. The normalized spacial score (nSPS) is 11.3. The first-order valence-corrected chi connectivity index (χ1v) is 10.2. The molecule has 2 aromatic carbocycles. The number of nitrogens with two attached hydrogens (primary N) is 1. The van der Waals surface area contributed by atoms with Crippen molar-refractivity contribution in [2.45, 2.75) is 24.2 Å². The number of ether oxygens (including phenoxy) is 1. The van der Waals surface area contributed by atoms with E-state index in [1.807, 2.05) is 18.3 Å². The molecule has 0 aliphatic rings. The van der Waals surface area contributed by atoms with E-state index in [0.29, 0.717) is 24.2 Å². The summed E-state index contributed by atoms with van der Waals surface area (Å²) in [6.07, 6.45) is 3.63. The summed E-state index contributed by atoms with van der Waals surface area (Å²) in [5, 5.41) is 14.7. The molecule has 0 saturated carbocycles. The van der Waals surface area contributed by atoms with Crippen LogP contribution in [0.25, 0.3) is 0 Å². The van der Waals surface area contributed by atoms with Gasteiger partial charge in [-0.15, -0.1) is 0 Å². The number of aromatic amines is 1. The zero-order valence-electron chi connectivity index (χ0n) is 15.0. The molecule has 3 aromatic rings. The maximum Gasteiger partial charge on any atom is 0.335 e. The molecule has 146 valence electrons. The number of aromatic carboxylic acids is 1. The van der Waals surface area contributed by atoms with Gasteiger partial charge in [-0.1, -0.05) is 18.2 Å². The van der Waals surface area contributed by atoms with Crippen LogP contribution in [0.2, 0.25) is 0 Å². The van der Waals surface area contributed by atoms with E-state index < -0.39 is 16.0 Å². The van der Waals surface area contributed by atoms with Crippen LogP contribution in [0.5, 0.6) is 11.5 Å². The lowest BCUT2D eigenvalue weighted by Gasteiger charge is -2.16. The standard InChI is InChI=1S/C20H20N2O5S/c21-28(25,26)18-13-15(20(23)24)12-14(6-4-7-16-8-5-11-22-16)19(18)27-17-9-2-1-3-10-17/h1-3,5,8-13,22H,4,6-7H2,(H,23,24)(H2,21,25,26). The van der Waals surface area contributed by atoms with Crippen molar-refractivity contribution < 1.29 is 23.1 Å². The first-order valence-electron chi connectivity index (χ1n) is 8.63. The molecule has 0 radical (unpaired) electrons. The Morgan fingerprint density at radius 2 is 1.82 bits per heavy atom. The van der Waals surface area contributed by atoms with Gasteiger partial charge in [0.1, 0.15) is 10.6 Å². The highest BCUT2D eigenvalue weighted by atomic mass is 32.2. The Balaban J connectivity index is 2.02. The molecule has 4 N–H and O–H groups in total. The molecule has 0 unspecified atom stereocenters. The summed E-state index contributed by atoms with van der Waals surface area (Å²) in [6, 6.07) is 15.0. The lowest BCUT2D eigenvalue weighted by atomic mass is 10.0. The molecule has 0 fully saturated rings. The van der Waals surface area contributed by atoms with Crippen molar-refractivity contribution in [1.29, 1.82) is 0 Å². The maximum absolute atomic E-state index is 12.1. The van der Waals surface area contributed by atoms with Crippen molar-refractivity contribution >= 4 is 16.0 Å². The zero-order chi connectivity index (χ0) is 20.1. The van der Waals surface area contributed by atoms with E-state index in [4.69, 9.17) is 9.88 Å². The Kier molecular flexibility index (Phi) is 5.81.